The first kappa shape index (κ1) is 60.8. The van der Waals surface area contributed by atoms with Crippen LogP contribution in [-0.2, 0) is 17.6 Å². The van der Waals surface area contributed by atoms with Crippen LogP contribution in [0.4, 0.5) is 17.1 Å². The molecule has 6 N–H and O–H groups in total. The van der Waals surface area contributed by atoms with Crippen LogP contribution in [0.15, 0.2) is 122 Å². The highest BCUT2D eigenvalue weighted by molar-refractivity contribution is 6.00. The maximum atomic E-state index is 11.2. The van der Waals surface area contributed by atoms with Crippen LogP contribution in [0.1, 0.15) is 196 Å². The van der Waals surface area contributed by atoms with E-state index < -0.39 is 0 Å². The van der Waals surface area contributed by atoms with E-state index in [0.29, 0.717) is 47.8 Å². The summed E-state index contributed by atoms with van der Waals surface area (Å²) in [6.07, 6.45) is 7.29. The highest BCUT2D eigenvalue weighted by Gasteiger charge is 2.22. The number of nitrogens with zero attached hydrogens (tertiary/aromatic N) is 2. The fourth-order valence-corrected chi connectivity index (χ4v) is 10.5. The van der Waals surface area contributed by atoms with E-state index in [1.807, 2.05) is 18.6 Å². The number of aryl methyl sites for hydroxylation is 6. The Morgan fingerprint density at radius 3 is 1.28 bits per heavy atom. The van der Waals surface area contributed by atoms with Gasteiger partial charge in [0.25, 0.3) is 0 Å². The van der Waals surface area contributed by atoms with Crippen molar-refractivity contribution in [3.05, 3.63) is 200 Å². The van der Waals surface area contributed by atoms with Crippen LogP contribution in [-0.4, -0.2) is 31.3 Å². The SMILES string of the molecule is C=C1Cc2cc(C(C)C)cc(C)c2N1.C=C1Nc2c(C)cc(C(C)C)cc2O1.Cc1cc(C(C)C)cc2c1NC(=O)C2.Cc1cc(C(C)C)cc2cc[nH]c12.Cc1cc(C(C)C)cc2cn[nH]c12.Cc1cc(C(C)C)cc2cn[nH]c12. The number of benzene rings is 6. The lowest BCUT2D eigenvalue weighted by atomic mass is 9.96. The summed E-state index contributed by atoms with van der Waals surface area (Å²) in [7, 11) is 0. The van der Waals surface area contributed by atoms with E-state index in [2.05, 4.69) is 258 Å². The number of carbonyl (C=O) groups excluding carboxylic acids is 1. The Morgan fingerprint density at radius 2 is 0.815 bits per heavy atom. The Balaban J connectivity index is 0.000000140. The van der Waals surface area contributed by atoms with Gasteiger partial charge < -0.3 is 25.7 Å². The Morgan fingerprint density at radius 1 is 0.432 bits per heavy atom. The van der Waals surface area contributed by atoms with Crippen molar-refractivity contribution in [2.45, 2.75) is 173 Å². The second-order valence-corrected chi connectivity index (χ2v) is 24.3. The summed E-state index contributed by atoms with van der Waals surface area (Å²) in [5.74, 6) is 5.06. The Labute approximate surface area is 483 Å². The van der Waals surface area contributed by atoms with Crippen molar-refractivity contribution in [2.75, 3.05) is 16.0 Å². The molecule has 6 aromatic carbocycles. The highest BCUT2D eigenvalue weighted by Crippen LogP contribution is 2.39. The summed E-state index contributed by atoms with van der Waals surface area (Å²) >= 11 is 0. The molecular formula is C71H90N8O2. The number of allylic oxidation sites excluding steroid dienone is 1. The molecule has 10 nitrogen and oxygen atoms in total. The predicted molar refractivity (Wildman–Crippen MR) is 345 cm³/mol. The number of hydrogen-bond acceptors (Lipinski definition) is 6. The summed E-state index contributed by atoms with van der Waals surface area (Å²) in [6.45, 7) is 46.9. The molecule has 10 heteroatoms. The lowest BCUT2D eigenvalue weighted by molar-refractivity contribution is -0.115. The molecule has 6 heterocycles. The molecule has 9 aromatic rings. The predicted octanol–water partition coefficient (Wildman–Crippen LogP) is 19.2. The van der Waals surface area contributed by atoms with Gasteiger partial charge >= 0.3 is 0 Å². The fourth-order valence-electron chi connectivity index (χ4n) is 10.5. The Hall–Kier alpha value is -7.85. The summed E-state index contributed by atoms with van der Waals surface area (Å²) in [5.41, 5.74) is 26.5. The summed E-state index contributed by atoms with van der Waals surface area (Å²) < 4.78 is 5.47. The number of ether oxygens (including phenoxy) is 1. The van der Waals surface area contributed by atoms with Crippen LogP contribution in [0.3, 0.4) is 0 Å². The van der Waals surface area contributed by atoms with Gasteiger partial charge in [0.1, 0.15) is 0 Å². The molecule has 0 spiro atoms. The average molecular weight is 1090 g/mol. The van der Waals surface area contributed by atoms with E-state index >= 15 is 0 Å². The highest BCUT2D eigenvalue weighted by atomic mass is 16.5. The smallest absolute Gasteiger partial charge is 0.228 e. The van der Waals surface area contributed by atoms with Crippen LogP contribution >= 0.6 is 0 Å². The van der Waals surface area contributed by atoms with Gasteiger partial charge in [0.05, 0.1) is 35.5 Å². The number of hydrogen-bond donors (Lipinski definition) is 6. The zero-order valence-corrected chi connectivity index (χ0v) is 51.7. The molecular weight excluding hydrogens is 997 g/mol. The molecule has 1 amide bonds. The van der Waals surface area contributed by atoms with E-state index in [0.717, 1.165) is 45.8 Å². The van der Waals surface area contributed by atoms with Crippen molar-refractivity contribution >= 4 is 55.7 Å². The second-order valence-electron chi connectivity index (χ2n) is 24.3. The van der Waals surface area contributed by atoms with Crippen molar-refractivity contribution < 1.29 is 9.53 Å². The number of nitrogens with one attached hydrogen (secondary N) is 6. The van der Waals surface area contributed by atoms with Crippen LogP contribution in [0, 0.1) is 41.5 Å². The lowest BCUT2D eigenvalue weighted by Crippen LogP contribution is -2.04. The standard InChI is InChI=1S/C13H17N.2C12H15NO.C12H15N.2C11H14N2/c1-8(2)11-5-9(3)13-12(7-11)6-10(4)14-13;1-7(2)10-5-8(3)12-11(6-10)14-9(4)13-12;1-7(2)9-4-8(3)12-10(5-9)6-11(14)13-12;1-8(2)11-6-9(3)12-10(7-11)4-5-13-12;2*1-7(2)9-4-8(3)11-10(5-9)6-12-13-11/h5,7-8,14H,4,6H2,1-3H3;5-7,13H,4H2,1-3H3;4-5,7H,6H2,1-3H3,(H,13,14);4-8,13H,1-3H3;2*4-7H,1-3H3,(H,12,13). The molecule has 0 atom stereocenters. The van der Waals surface area contributed by atoms with Gasteiger partial charge in [0.2, 0.25) is 5.91 Å². The molecule has 426 valence electrons. The largest absolute Gasteiger partial charge is 0.439 e. The summed E-state index contributed by atoms with van der Waals surface area (Å²) in [6, 6.07) is 28.7. The number of anilines is 3. The number of amides is 1. The molecule has 0 saturated carbocycles. The third kappa shape index (κ3) is 14.9. The quantitative estimate of drug-likeness (QED) is 0.0982. The third-order valence-corrected chi connectivity index (χ3v) is 15.4. The minimum atomic E-state index is 0.115. The van der Waals surface area contributed by atoms with Gasteiger partial charge in [0, 0.05) is 46.0 Å². The topological polar surface area (TPSA) is 136 Å². The summed E-state index contributed by atoms with van der Waals surface area (Å²) in [5, 5.41) is 27.2. The monoisotopic (exact) mass is 1090 g/mol. The van der Waals surface area contributed by atoms with Crippen LogP contribution in [0.25, 0.3) is 32.7 Å². The van der Waals surface area contributed by atoms with E-state index in [1.165, 1.54) is 99.7 Å². The van der Waals surface area contributed by atoms with Gasteiger partial charge in [-0.25, -0.2) is 0 Å². The molecule has 3 aromatic heterocycles. The molecule has 3 aliphatic rings. The van der Waals surface area contributed by atoms with Gasteiger partial charge in [0.15, 0.2) is 11.6 Å². The first-order valence-electron chi connectivity index (χ1n) is 29.0. The molecule has 0 bridgehead atoms. The van der Waals surface area contributed by atoms with Crippen molar-refractivity contribution in [3.8, 4) is 5.75 Å². The number of aromatic nitrogens is 5. The zero-order chi connectivity index (χ0) is 59.1. The van der Waals surface area contributed by atoms with Crippen molar-refractivity contribution in [1.29, 1.82) is 0 Å². The minimum absolute atomic E-state index is 0.115. The molecule has 12 rings (SSSR count). The van der Waals surface area contributed by atoms with Crippen molar-refractivity contribution in [2.24, 2.45) is 0 Å². The van der Waals surface area contributed by atoms with E-state index in [1.54, 1.807) is 0 Å². The summed E-state index contributed by atoms with van der Waals surface area (Å²) in [4.78, 5) is 14.5. The molecule has 0 aliphatic carbocycles. The molecule has 0 unspecified atom stereocenters. The average Bonchev–Trinajstić information content (AvgIpc) is 4.28. The third-order valence-electron chi connectivity index (χ3n) is 15.4. The first-order chi connectivity index (χ1) is 38.3. The normalized spacial score (nSPS) is 12.9. The van der Waals surface area contributed by atoms with Crippen molar-refractivity contribution in [1.82, 2.24) is 25.4 Å². The maximum Gasteiger partial charge on any atom is 0.228 e. The van der Waals surface area contributed by atoms with Crippen LogP contribution < -0.4 is 20.7 Å². The number of rotatable bonds is 6. The number of fused-ring (bicyclic) bond motifs is 6. The number of aromatic amines is 3. The molecule has 0 radical (unpaired) electrons. The maximum absolute atomic E-state index is 11.2. The molecule has 3 aliphatic heterocycles. The van der Waals surface area contributed by atoms with Gasteiger partial charge in [-0.2, -0.15) is 10.2 Å². The van der Waals surface area contributed by atoms with Crippen LogP contribution in [0.5, 0.6) is 5.75 Å². The van der Waals surface area contributed by atoms with Gasteiger partial charge in [-0.05, 0) is 197 Å². The zero-order valence-electron chi connectivity index (χ0n) is 51.7. The van der Waals surface area contributed by atoms with Crippen LogP contribution in [0.2, 0.25) is 0 Å². The van der Waals surface area contributed by atoms with Gasteiger partial charge in [-0.15, -0.1) is 0 Å². The van der Waals surface area contributed by atoms with Crippen molar-refractivity contribution in [3.63, 3.8) is 0 Å². The van der Waals surface area contributed by atoms with Gasteiger partial charge in [-0.1, -0.05) is 138 Å². The molecule has 0 saturated heterocycles. The van der Waals surface area contributed by atoms with E-state index in [9.17, 15) is 4.79 Å². The minimum Gasteiger partial charge on any atom is -0.439 e. The lowest BCUT2D eigenvalue weighted by Gasteiger charge is -2.10. The molecule has 81 heavy (non-hydrogen) atoms. The van der Waals surface area contributed by atoms with E-state index in [-0.39, 0.29) is 5.91 Å². The Kier molecular flexibility index (Phi) is 19.6. The Bertz CT molecular complexity index is 3320. The first-order valence-corrected chi connectivity index (χ1v) is 29.0. The van der Waals surface area contributed by atoms with E-state index in [4.69, 9.17) is 4.74 Å². The van der Waals surface area contributed by atoms with Gasteiger partial charge in [-0.3, -0.25) is 15.0 Å². The fraction of sp³-hybridized carbons (Fsp3) is 0.366. The second kappa shape index (κ2) is 26.2. The number of carbonyl (C=O) groups is 1. The number of H-pyrrole nitrogens is 3. The molecule has 0 fully saturated rings.